The summed E-state index contributed by atoms with van der Waals surface area (Å²) in [5.41, 5.74) is 3.09. The molecule has 0 radical (unpaired) electrons. The first-order valence-electron chi connectivity index (χ1n) is 4.98. The summed E-state index contributed by atoms with van der Waals surface area (Å²) in [6, 6.07) is 0. The van der Waals surface area contributed by atoms with E-state index >= 15 is 0 Å². The SMILES string of the molecule is CC1(C)CCSC(=NCc2cscn2)N1. The van der Waals surface area contributed by atoms with Crippen molar-refractivity contribution in [3.05, 3.63) is 16.6 Å². The van der Waals surface area contributed by atoms with Gasteiger partial charge in [-0.15, -0.1) is 11.3 Å². The van der Waals surface area contributed by atoms with Gasteiger partial charge in [-0.25, -0.2) is 4.98 Å². The van der Waals surface area contributed by atoms with Gasteiger partial charge in [-0.05, 0) is 20.3 Å². The second-order valence-electron chi connectivity index (χ2n) is 4.21. The molecule has 1 N–H and O–H groups in total. The van der Waals surface area contributed by atoms with E-state index < -0.39 is 0 Å². The van der Waals surface area contributed by atoms with Gasteiger partial charge in [0.15, 0.2) is 5.17 Å². The van der Waals surface area contributed by atoms with E-state index in [0.29, 0.717) is 6.54 Å². The summed E-state index contributed by atoms with van der Waals surface area (Å²) in [5.74, 6) is 1.15. The molecule has 2 rings (SSSR count). The van der Waals surface area contributed by atoms with Crippen LogP contribution in [0.15, 0.2) is 15.9 Å². The lowest BCUT2D eigenvalue weighted by molar-refractivity contribution is 0.446. The van der Waals surface area contributed by atoms with Gasteiger partial charge < -0.3 is 5.32 Å². The molecule has 0 atom stereocenters. The Hall–Kier alpha value is -0.550. The Bertz CT molecular complexity index is 344. The summed E-state index contributed by atoms with van der Waals surface area (Å²) < 4.78 is 0. The topological polar surface area (TPSA) is 37.3 Å². The molecule has 1 aliphatic heterocycles. The zero-order valence-corrected chi connectivity index (χ0v) is 10.6. The van der Waals surface area contributed by atoms with Crippen molar-refractivity contribution in [3.63, 3.8) is 0 Å². The highest BCUT2D eigenvalue weighted by molar-refractivity contribution is 8.13. The van der Waals surface area contributed by atoms with Crippen molar-refractivity contribution in [2.24, 2.45) is 4.99 Å². The van der Waals surface area contributed by atoms with Crippen LogP contribution in [0.1, 0.15) is 26.0 Å². The van der Waals surface area contributed by atoms with Gasteiger partial charge in [-0.2, -0.15) is 0 Å². The van der Waals surface area contributed by atoms with Gasteiger partial charge in [0.05, 0.1) is 17.7 Å². The number of hydrogen-bond donors (Lipinski definition) is 1. The monoisotopic (exact) mass is 241 g/mol. The molecule has 82 valence electrons. The van der Waals surface area contributed by atoms with Gasteiger partial charge in [0, 0.05) is 16.7 Å². The van der Waals surface area contributed by atoms with Crippen LogP contribution in [0.4, 0.5) is 0 Å². The van der Waals surface area contributed by atoms with Crippen molar-refractivity contribution >= 4 is 28.3 Å². The maximum absolute atomic E-state index is 4.53. The minimum absolute atomic E-state index is 0.187. The van der Waals surface area contributed by atoms with Gasteiger partial charge in [0.2, 0.25) is 0 Å². The van der Waals surface area contributed by atoms with Crippen molar-refractivity contribution in [2.75, 3.05) is 5.75 Å². The maximum atomic E-state index is 4.53. The highest BCUT2D eigenvalue weighted by atomic mass is 32.2. The molecular weight excluding hydrogens is 226 g/mol. The van der Waals surface area contributed by atoms with Gasteiger partial charge in [0.25, 0.3) is 0 Å². The quantitative estimate of drug-likeness (QED) is 0.864. The summed E-state index contributed by atoms with van der Waals surface area (Å²) in [5, 5.41) is 6.54. The first-order valence-corrected chi connectivity index (χ1v) is 6.91. The highest BCUT2D eigenvalue weighted by Crippen LogP contribution is 2.21. The molecule has 0 saturated carbocycles. The van der Waals surface area contributed by atoms with Crippen LogP contribution in [-0.4, -0.2) is 21.4 Å². The Morgan fingerprint density at radius 3 is 3.13 bits per heavy atom. The van der Waals surface area contributed by atoms with E-state index in [4.69, 9.17) is 0 Å². The minimum atomic E-state index is 0.187. The van der Waals surface area contributed by atoms with Crippen LogP contribution >= 0.6 is 23.1 Å². The van der Waals surface area contributed by atoms with Gasteiger partial charge in [-0.3, -0.25) is 4.99 Å². The summed E-state index contributed by atoms with van der Waals surface area (Å²) in [6.45, 7) is 5.12. The molecule has 3 nitrogen and oxygen atoms in total. The molecule has 0 aliphatic carbocycles. The number of hydrogen-bond acceptors (Lipinski definition) is 4. The number of thiazole rings is 1. The van der Waals surface area contributed by atoms with Crippen molar-refractivity contribution in [1.29, 1.82) is 0 Å². The molecule has 0 bridgehead atoms. The van der Waals surface area contributed by atoms with Gasteiger partial charge in [0.1, 0.15) is 0 Å². The van der Waals surface area contributed by atoms with E-state index in [1.807, 2.05) is 10.9 Å². The lowest BCUT2D eigenvalue weighted by atomic mass is 10.0. The fraction of sp³-hybridized carbons (Fsp3) is 0.600. The molecule has 5 heteroatoms. The fourth-order valence-electron chi connectivity index (χ4n) is 1.34. The zero-order valence-electron chi connectivity index (χ0n) is 8.99. The molecule has 1 aromatic heterocycles. The van der Waals surface area contributed by atoms with Crippen LogP contribution in [0.3, 0.4) is 0 Å². The van der Waals surface area contributed by atoms with Gasteiger partial charge >= 0.3 is 0 Å². The molecule has 0 unspecified atom stereocenters. The van der Waals surface area contributed by atoms with E-state index in [-0.39, 0.29) is 5.54 Å². The molecular formula is C10H15N3S2. The van der Waals surface area contributed by atoms with Crippen molar-refractivity contribution in [3.8, 4) is 0 Å². The molecule has 0 spiro atoms. The minimum Gasteiger partial charge on any atom is -0.360 e. The number of thioether (sulfide) groups is 1. The molecule has 1 aliphatic rings. The standard InChI is InChI=1S/C10H15N3S2/c1-10(2)3-4-15-9(13-10)11-5-8-6-14-7-12-8/h6-7H,3-5H2,1-2H3,(H,11,13). The predicted octanol–water partition coefficient (Wildman–Crippen LogP) is 2.50. The third-order valence-electron chi connectivity index (χ3n) is 2.28. The molecule has 15 heavy (non-hydrogen) atoms. The molecule has 1 fully saturated rings. The maximum Gasteiger partial charge on any atom is 0.157 e. The smallest absolute Gasteiger partial charge is 0.157 e. The number of rotatable bonds is 2. The van der Waals surface area contributed by atoms with E-state index in [1.165, 1.54) is 6.42 Å². The molecule has 1 aromatic rings. The van der Waals surface area contributed by atoms with E-state index in [0.717, 1.165) is 16.6 Å². The number of nitrogens with zero attached hydrogens (tertiary/aromatic N) is 2. The highest BCUT2D eigenvalue weighted by Gasteiger charge is 2.23. The van der Waals surface area contributed by atoms with Crippen molar-refractivity contribution < 1.29 is 0 Å². The van der Waals surface area contributed by atoms with E-state index in [9.17, 15) is 0 Å². The van der Waals surface area contributed by atoms with Crippen LogP contribution in [0.2, 0.25) is 0 Å². The number of aromatic nitrogens is 1. The van der Waals surface area contributed by atoms with Crippen LogP contribution < -0.4 is 5.32 Å². The Kier molecular flexibility index (Phi) is 3.31. The second kappa shape index (κ2) is 4.53. The first kappa shape index (κ1) is 11.0. The van der Waals surface area contributed by atoms with Crippen LogP contribution in [0.25, 0.3) is 0 Å². The number of nitrogens with one attached hydrogen (secondary N) is 1. The third-order valence-corrected chi connectivity index (χ3v) is 3.83. The molecule has 2 heterocycles. The normalized spacial score (nSPS) is 22.7. The van der Waals surface area contributed by atoms with E-state index in [2.05, 4.69) is 29.1 Å². The average Bonchev–Trinajstić information content (AvgIpc) is 2.65. The molecule has 0 aromatic carbocycles. The summed E-state index contributed by atoms with van der Waals surface area (Å²) in [7, 11) is 0. The molecule has 1 saturated heterocycles. The van der Waals surface area contributed by atoms with Crippen LogP contribution in [0, 0.1) is 0 Å². The van der Waals surface area contributed by atoms with E-state index in [1.54, 1.807) is 23.1 Å². The van der Waals surface area contributed by atoms with Crippen LogP contribution in [-0.2, 0) is 6.54 Å². The van der Waals surface area contributed by atoms with Crippen LogP contribution in [0.5, 0.6) is 0 Å². The Labute approximate surface area is 98.4 Å². The molecule has 0 amide bonds. The zero-order chi connectivity index (χ0) is 10.7. The number of aliphatic imine (C=N–C) groups is 1. The fourth-order valence-corrected chi connectivity index (χ4v) is 3.20. The summed E-state index contributed by atoms with van der Waals surface area (Å²) in [4.78, 5) is 8.75. The Morgan fingerprint density at radius 2 is 2.47 bits per heavy atom. The van der Waals surface area contributed by atoms with Crippen molar-refractivity contribution in [1.82, 2.24) is 10.3 Å². The Morgan fingerprint density at radius 1 is 1.60 bits per heavy atom. The number of amidine groups is 1. The van der Waals surface area contributed by atoms with Gasteiger partial charge in [-0.1, -0.05) is 11.8 Å². The lowest BCUT2D eigenvalue weighted by Crippen LogP contribution is -2.46. The Balaban J connectivity index is 1.95. The second-order valence-corrected chi connectivity index (χ2v) is 6.01. The third kappa shape index (κ3) is 3.21. The summed E-state index contributed by atoms with van der Waals surface area (Å²) in [6.07, 6.45) is 1.19. The summed E-state index contributed by atoms with van der Waals surface area (Å²) >= 11 is 3.42. The average molecular weight is 241 g/mol. The predicted molar refractivity (Wildman–Crippen MR) is 67.5 cm³/mol. The first-order chi connectivity index (χ1) is 7.16. The largest absolute Gasteiger partial charge is 0.360 e. The van der Waals surface area contributed by atoms with Crippen molar-refractivity contribution in [2.45, 2.75) is 32.4 Å². The lowest BCUT2D eigenvalue weighted by Gasteiger charge is -2.32.